The predicted molar refractivity (Wildman–Crippen MR) is 33.1 cm³/mol. The average molecular weight is 144 g/mol. The van der Waals surface area contributed by atoms with E-state index in [0.29, 0.717) is 0 Å². The standard InChI is InChI=1S/C5H8N2O3/c1-7-3-6-4(10-7)5(8)9-2/h3-4H,1-2H3. The van der Waals surface area contributed by atoms with E-state index in [1.165, 1.54) is 18.5 Å². The quantitative estimate of drug-likeness (QED) is 0.461. The molecule has 0 spiro atoms. The molecule has 10 heavy (non-hydrogen) atoms. The van der Waals surface area contributed by atoms with Gasteiger partial charge in [-0.05, 0) is 0 Å². The average Bonchev–Trinajstić information content (AvgIpc) is 2.34. The molecule has 0 aromatic heterocycles. The normalized spacial score (nSPS) is 23.4. The van der Waals surface area contributed by atoms with Gasteiger partial charge in [-0.1, -0.05) is 0 Å². The van der Waals surface area contributed by atoms with Crippen LogP contribution in [0.25, 0.3) is 0 Å². The summed E-state index contributed by atoms with van der Waals surface area (Å²) in [6, 6.07) is 0. The van der Waals surface area contributed by atoms with E-state index in [4.69, 9.17) is 4.84 Å². The third-order valence-corrected chi connectivity index (χ3v) is 1.03. The second-order valence-electron chi connectivity index (χ2n) is 1.79. The number of aliphatic imine (C=N–C) groups is 1. The van der Waals surface area contributed by atoms with Gasteiger partial charge in [0.25, 0.3) is 6.23 Å². The van der Waals surface area contributed by atoms with E-state index in [1.807, 2.05) is 0 Å². The Morgan fingerprint density at radius 2 is 2.60 bits per heavy atom. The van der Waals surface area contributed by atoms with Gasteiger partial charge in [-0.3, -0.25) is 0 Å². The van der Waals surface area contributed by atoms with Crippen LogP contribution < -0.4 is 0 Å². The Balaban J connectivity index is 2.46. The fourth-order valence-electron chi connectivity index (χ4n) is 0.571. The molecule has 1 rings (SSSR count). The van der Waals surface area contributed by atoms with Gasteiger partial charge in [-0.25, -0.2) is 19.7 Å². The van der Waals surface area contributed by atoms with E-state index < -0.39 is 12.2 Å². The van der Waals surface area contributed by atoms with Gasteiger partial charge < -0.3 is 4.74 Å². The van der Waals surface area contributed by atoms with Crippen LogP contribution in [0.2, 0.25) is 0 Å². The van der Waals surface area contributed by atoms with Crippen LogP contribution in [0.1, 0.15) is 0 Å². The molecule has 0 bridgehead atoms. The second-order valence-corrected chi connectivity index (χ2v) is 1.79. The van der Waals surface area contributed by atoms with Crippen molar-refractivity contribution in [1.82, 2.24) is 5.06 Å². The molecular formula is C5H8N2O3. The highest BCUT2D eigenvalue weighted by molar-refractivity contribution is 5.77. The summed E-state index contributed by atoms with van der Waals surface area (Å²) < 4.78 is 4.38. The molecule has 0 saturated heterocycles. The first-order valence-electron chi connectivity index (χ1n) is 2.75. The first kappa shape index (κ1) is 7.01. The van der Waals surface area contributed by atoms with Crippen molar-refractivity contribution in [2.75, 3.05) is 14.2 Å². The molecule has 0 N–H and O–H groups in total. The molecule has 0 aromatic carbocycles. The number of nitrogens with zero attached hydrogens (tertiary/aromatic N) is 2. The largest absolute Gasteiger partial charge is 0.466 e. The monoisotopic (exact) mass is 144 g/mol. The van der Waals surface area contributed by atoms with Crippen molar-refractivity contribution >= 4 is 12.3 Å². The summed E-state index contributed by atoms with van der Waals surface area (Å²) >= 11 is 0. The molecular weight excluding hydrogens is 136 g/mol. The van der Waals surface area contributed by atoms with Crippen molar-refractivity contribution in [2.45, 2.75) is 6.23 Å². The van der Waals surface area contributed by atoms with Crippen molar-refractivity contribution in [3.63, 3.8) is 0 Å². The molecule has 56 valence electrons. The lowest BCUT2D eigenvalue weighted by Gasteiger charge is -2.07. The lowest BCUT2D eigenvalue weighted by molar-refractivity contribution is -0.169. The Morgan fingerprint density at radius 3 is 3.00 bits per heavy atom. The minimum atomic E-state index is -0.810. The van der Waals surface area contributed by atoms with Crippen molar-refractivity contribution in [3.05, 3.63) is 0 Å². The molecule has 1 aliphatic rings. The van der Waals surface area contributed by atoms with Crippen LogP contribution in [-0.4, -0.2) is 37.8 Å². The Kier molecular flexibility index (Phi) is 1.86. The SMILES string of the molecule is COC(=O)C1N=CN(C)O1. The fraction of sp³-hybridized carbons (Fsp3) is 0.600. The number of hydrogen-bond acceptors (Lipinski definition) is 5. The minimum Gasteiger partial charge on any atom is -0.466 e. The Hall–Kier alpha value is -1.10. The molecule has 0 aromatic rings. The van der Waals surface area contributed by atoms with Crippen LogP contribution in [0, 0.1) is 0 Å². The van der Waals surface area contributed by atoms with Crippen LogP contribution in [0.5, 0.6) is 0 Å². The number of rotatable bonds is 1. The first-order chi connectivity index (χ1) is 4.74. The summed E-state index contributed by atoms with van der Waals surface area (Å²) in [5, 5.41) is 1.35. The zero-order valence-corrected chi connectivity index (χ0v) is 5.77. The van der Waals surface area contributed by atoms with E-state index in [9.17, 15) is 4.79 Å². The summed E-state index contributed by atoms with van der Waals surface area (Å²) in [5.74, 6) is -0.486. The summed E-state index contributed by atoms with van der Waals surface area (Å²) in [6.07, 6.45) is 0.608. The maximum Gasteiger partial charge on any atom is 0.360 e. The number of methoxy groups -OCH3 is 1. The highest BCUT2D eigenvalue weighted by Gasteiger charge is 2.24. The first-order valence-corrected chi connectivity index (χ1v) is 2.75. The van der Waals surface area contributed by atoms with Crippen LogP contribution in [0.4, 0.5) is 0 Å². The van der Waals surface area contributed by atoms with E-state index in [2.05, 4.69) is 9.73 Å². The Bertz CT molecular complexity index is 168. The van der Waals surface area contributed by atoms with Crippen LogP contribution in [0.15, 0.2) is 4.99 Å². The zero-order chi connectivity index (χ0) is 7.56. The molecule has 0 radical (unpaired) electrons. The summed E-state index contributed by atoms with van der Waals surface area (Å²) in [6.45, 7) is 0. The number of esters is 1. The molecule has 5 heteroatoms. The molecule has 5 nitrogen and oxygen atoms in total. The maximum absolute atomic E-state index is 10.7. The molecule has 1 heterocycles. The van der Waals surface area contributed by atoms with Crippen molar-refractivity contribution in [3.8, 4) is 0 Å². The molecule has 1 aliphatic heterocycles. The maximum atomic E-state index is 10.7. The Morgan fingerprint density at radius 1 is 1.90 bits per heavy atom. The highest BCUT2D eigenvalue weighted by Crippen LogP contribution is 2.04. The van der Waals surface area contributed by atoms with Gasteiger partial charge in [-0.2, -0.15) is 0 Å². The summed E-state index contributed by atoms with van der Waals surface area (Å²) in [5.41, 5.74) is 0. The van der Waals surface area contributed by atoms with Gasteiger partial charge in [-0.15, -0.1) is 0 Å². The Labute approximate surface area is 58.2 Å². The van der Waals surface area contributed by atoms with Crippen molar-refractivity contribution in [2.24, 2.45) is 4.99 Å². The van der Waals surface area contributed by atoms with Gasteiger partial charge in [0, 0.05) is 7.05 Å². The van der Waals surface area contributed by atoms with Gasteiger partial charge in [0.05, 0.1) is 7.11 Å². The number of carbonyl (C=O) groups excluding carboxylic acids is 1. The van der Waals surface area contributed by atoms with Gasteiger partial charge in [0.1, 0.15) is 6.34 Å². The zero-order valence-electron chi connectivity index (χ0n) is 5.77. The van der Waals surface area contributed by atoms with Crippen molar-refractivity contribution in [1.29, 1.82) is 0 Å². The van der Waals surface area contributed by atoms with Crippen molar-refractivity contribution < 1.29 is 14.4 Å². The third kappa shape index (κ3) is 1.24. The fourth-order valence-corrected chi connectivity index (χ4v) is 0.571. The molecule has 1 unspecified atom stereocenters. The minimum absolute atomic E-state index is 0.486. The lowest BCUT2D eigenvalue weighted by atomic mass is 10.6. The number of ether oxygens (including phenoxy) is 1. The van der Waals surface area contributed by atoms with Crippen LogP contribution in [-0.2, 0) is 14.4 Å². The predicted octanol–water partition coefficient (Wildman–Crippen LogP) is -0.609. The third-order valence-electron chi connectivity index (χ3n) is 1.03. The molecule has 0 fully saturated rings. The molecule has 0 aliphatic carbocycles. The smallest absolute Gasteiger partial charge is 0.360 e. The molecule has 0 amide bonds. The summed E-state index contributed by atoms with van der Waals surface area (Å²) in [4.78, 5) is 19.2. The van der Waals surface area contributed by atoms with E-state index in [-0.39, 0.29) is 0 Å². The van der Waals surface area contributed by atoms with Crippen LogP contribution in [0.3, 0.4) is 0 Å². The van der Waals surface area contributed by atoms with Gasteiger partial charge >= 0.3 is 5.97 Å². The van der Waals surface area contributed by atoms with E-state index >= 15 is 0 Å². The van der Waals surface area contributed by atoms with E-state index in [0.717, 1.165) is 0 Å². The lowest BCUT2D eigenvalue weighted by Crippen LogP contribution is -2.24. The van der Waals surface area contributed by atoms with E-state index in [1.54, 1.807) is 7.05 Å². The highest BCUT2D eigenvalue weighted by atomic mass is 16.7. The number of hydroxylamine groups is 2. The molecule has 1 atom stereocenters. The van der Waals surface area contributed by atoms with Gasteiger partial charge in [0.2, 0.25) is 0 Å². The number of carbonyl (C=O) groups is 1. The summed E-state index contributed by atoms with van der Waals surface area (Å²) in [7, 11) is 2.94. The van der Waals surface area contributed by atoms with Gasteiger partial charge in [0.15, 0.2) is 0 Å². The topological polar surface area (TPSA) is 51.1 Å². The second kappa shape index (κ2) is 2.66. The number of hydrogen-bond donors (Lipinski definition) is 0. The molecule has 0 saturated carbocycles. The van der Waals surface area contributed by atoms with Crippen LogP contribution >= 0.6 is 0 Å².